The fourth-order valence-electron chi connectivity index (χ4n) is 1.66. The zero-order valence-electron chi connectivity index (χ0n) is 10.5. The number of fused-ring (bicyclic) bond motifs is 1. The average molecular weight is 230 g/mol. The molecule has 2 N–H and O–H groups in total. The van der Waals surface area contributed by atoms with Gasteiger partial charge in [-0.05, 0) is 32.9 Å². The number of pyridine rings is 1. The molecule has 17 heavy (non-hydrogen) atoms. The lowest BCUT2D eigenvalue weighted by molar-refractivity contribution is 0.420. The van der Waals surface area contributed by atoms with Gasteiger partial charge in [0.2, 0.25) is 0 Å². The van der Waals surface area contributed by atoms with Gasteiger partial charge in [0, 0.05) is 23.5 Å². The fourth-order valence-corrected chi connectivity index (χ4v) is 1.66. The first kappa shape index (κ1) is 11.9. The molecule has 0 fully saturated rings. The fraction of sp³-hybridized carbons (Fsp3) is 0.357. The zero-order chi connectivity index (χ0) is 12.5. The van der Waals surface area contributed by atoms with Gasteiger partial charge in [-0.3, -0.25) is 4.98 Å². The molecule has 1 aromatic heterocycles. The minimum atomic E-state index is 0.0446. The molecule has 0 radical (unpaired) electrons. The Morgan fingerprint density at radius 1 is 1.24 bits per heavy atom. The standard InChI is InChI=1S/C14H18N2O/c1-14(2,3)15-9-10-8-13(17)11-6-4-5-7-12(11)16-10/h4-8,15H,9H2,1-3H3,(H,16,17). The number of rotatable bonds is 2. The number of nitrogens with zero attached hydrogens (tertiary/aromatic N) is 1. The SMILES string of the molecule is CC(C)(C)NCc1cc(O)c2ccccc2n1. The Morgan fingerprint density at radius 3 is 2.65 bits per heavy atom. The number of hydrogen-bond acceptors (Lipinski definition) is 3. The van der Waals surface area contributed by atoms with E-state index in [4.69, 9.17) is 0 Å². The van der Waals surface area contributed by atoms with Crippen molar-refractivity contribution in [3.05, 3.63) is 36.0 Å². The van der Waals surface area contributed by atoms with Crippen LogP contribution in [0.15, 0.2) is 30.3 Å². The molecule has 0 aliphatic rings. The number of para-hydroxylation sites is 1. The monoisotopic (exact) mass is 230 g/mol. The minimum Gasteiger partial charge on any atom is -0.507 e. The second kappa shape index (κ2) is 4.34. The van der Waals surface area contributed by atoms with Crippen LogP contribution in [0.3, 0.4) is 0 Å². The molecular weight excluding hydrogens is 212 g/mol. The van der Waals surface area contributed by atoms with Gasteiger partial charge < -0.3 is 10.4 Å². The van der Waals surface area contributed by atoms with Gasteiger partial charge >= 0.3 is 0 Å². The Morgan fingerprint density at radius 2 is 1.94 bits per heavy atom. The van der Waals surface area contributed by atoms with Crippen LogP contribution in [0.25, 0.3) is 10.9 Å². The van der Waals surface area contributed by atoms with Gasteiger partial charge in [-0.2, -0.15) is 0 Å². The van der Waals surface area contributed by atoms with Crippen LogP contribution in [0.4, 0.5) is 0 Å². The molecule has 0 saturated heterocycles. The summed E-state index contributed by atoms with van der Waals surface area (Å²) in [4.78, 5) is 4.52. The topological polar surface area (TPSA) is 45.1 Å². The zero-order valence-corrected chi connectivity index (χ0v) is 10.5. The molecule has 0 spiro atoms. The van der Waals surface area contributed by atoms with Crippen LogP contribution in [-0.4, -0.2) is 15.6 Å². The van der Waals surface area contributed by atoms with Gasteiger partial charge in [0.05, 0.1) is 11.2 Å². The Balaban J connectivity index is 2.31. The van der Waals surface area contributed by atoms with Crippen LogP contribution in [0.5, 0.6) is 5.75 Å². The van der Waals surface area contributed by atoms with E-state index in [-0.39, 0.29) is 5.54 Å². The Bertz CT molecular complexity index is 529. The molecule has 3 nitrogen and oxygen atoms in total. The molecule has 0 amide bonds. The number of aromatic hydroxyl groups is 1. The molecular formula is C14H18N2O. The van der Waals surface area contributed by atoms with Crippen molar-refractivity contribution in [2.75, 3.05) is 0 Å². The molecule has 0 aliphatic heterocycles. The summed E-state index contributed by atoms with van der Waals surface area (Å²) in [7, 11) is 0. The van der Waals surface area contributed by atoms with Crippen molar-refractivity contribution in [2.24, 2.45) is 0 Å². The van der Waals surface area contributed by atoms with Crippen molar-refractivity contribution in [1.82, 2.24) is 10.3 Å². The van der Waals surface area contributed by atoms with Crippen LogP contribution in [-0.2, 0) is 6.54 Å². The maximum Gasteiger partial charge on any atom is 0.126 e. The van der Waals surface area contributed by atoms with E-state index >= 15 is 0 Å². The van der Waals surface area contributed by atoms with E-state index in [2.05, 4.69) is 31.1 Å². The maximum absolute atomic E-state index is 9.91. The molecule has 3 heteroatoms. The number of hydrogen-bond donors (Lipinski definition) is 2. The summed E-state index contributed by atoms with van der Waals surface area (Å²) in [5.41, 5.74) is 1.73. The van der Waals surface area contributed by atoms with Gasteiger partial charge in [0.1, 0.15) is 5.75 Å². The van der Waals surface area contributed by atoms with E-state index in [1.807, 2.05) is 24.3 Å². The smallest absolute Gasteiger partial charge is 0.126 e. The summed E-state index contributed by atoms with van der Waals surface area (Å²) in [5, 5.41) is 14.1. The lowest BCUT2D eigenvalue weighted by atomic mass is 10.1. The lowest BCUT2D eigenvalue weighted by Crippen LogP contribution is -2.35. The third-order valence-corrected chi connectivity index (χ3v) is 2.55. The first-order valence-electron chi connectivity index (χ1n) is 5.78. The summed E-state index contributed by atoms with van der Waals surface area (Å²) in [5.74, 6) is 0.293. The summed E-state index contributed by atoms with van der Waals surface area (Å²) >= 11 is 0. The first-order valence-corrected chi connectivity index (χ1v) is 5.78. The van der Waals surface area contributed by atoms with Gasteiger partial charge in [0.25, 0.3) is 0 Å². The quantitative estimate of drug-likeness (QED) is 0.833. The Labute approximate surface area is 102 Å². The normalized spacial score (nSPS) is 11.9. The molecule has 1 aromatic carbocycles. The van der Waals surface area contributed by atoms with Crippen molar-refractivity contribution < 1.29 is 5.11 Å². The van der Waals surface area contributed by atoms with Crippen molar-refractivity contribution in [3.8, 4) is 5.75 Å². The summed E-state index contributed by atoms with van der Waals surface area (Å²) in [6, 6.07) is 9.34. The van der Waals surface area contributed by atoms with E-state index in [0.717, 1.165) is 16.6 Å². The van der Waals surface area contributed by atoms with Crippen LogP contribution in [0, 0.1) is 0 Å². The number of aromatic nitrogens is 1. The van der Waals surface area contributed by atoms with Crippen LogP contribution in [0.1, 0.15) is 26.5 Å². The highest BCUT2D eigenvalue weighted by Gasteiger charge is 2.10. The molecule has 1 heterocycles. The maximum atomic E-state index is 9.91. The number of benzene rings is 1. The van der Waals surface area contributed by atoms with E-state index in [0.29, 0.717) is 12.3 Å². The largest absolute Gasteiger partial charge is 0.507 e. The predicted octanol–water partition coefficient (Wildman–Crippen LogP) is 2.83. The molecule has 0 aliphatic carbocycles. The van der Waals surface area contributed by atoms with Crippen LogP contribution < -0.4 is 5.32 Å². The lowest BCUT2D eigenvalue weighted by Gasteiger charge is -2.20. The van der Waals surface area contributed by atoms with Crippen molar-refractivity contribution in [1.29, 1.82) is 0 Å². The van der Waals surface area contributed by atoms with Gasteiger partial charge in [0.15, 0.2) is 0 Å². The molecule has 2 aromatic rings. The van der Waals surface area contributed by atoms with E-state index < -0.39 is 0 Å². The second-order valence-corrected chi connectivity index (χ2v) is 5.25. The van der Waals surface area contributed by atoms with Crippen molar-refractivity contribution in [3.63, 3.8) is 0 Å². The third kappa shape index (κ3) is 2.94. The summed E-state index contributed by atoms with van der Waals surface area (Å²) in [6.45, 7) is 6.97. The molecule has 2 rings (SSSR count). The highest BCUT2D eigenvalue weighted by Crippen LogP contribution is 2.23. The van der Waals surface area contributed by atoms with Crippen molar-refractivity contribution in [2.45, 2.75) is 32.9 Å². The van der Waals surface area contributed by atoms with Gasteiger partial charge in [-0.25, -0.2) is 0 Å². The third-order valence-electron chi connectivity index (χ3n) is 2.55. The Kier molecular flexibility index (Phi) is 3.03. The van der Waals surface area contributed by atoms with Crippen LogP contribution in [0.2, 0.25) is 0 Å². The van der Waals surface area contributed by atoms with E-state index in [9.17, 15) is 5.11 Å². The van der Waals surface area contributed by atoms with Gasteiger partial charge in [-0.1, -0.05) is 12.1 Å². The average Bonchev–Trinajstić information content (AvgIpc) is 2.26. The molecule has 0 unspecified atom stereocenters. The Hall–Kier alpha value is -1.61. The van der Waals surface area contributed by atoms with Gasteiger partial charge in [-0.15, -0.1) is 0 Å². The van der Waals surface area contributed by atoms with Crippen molar-refractivity contribution >= 4 is 10.9 Å². The van der Waals surface area contributed by atoms with E-state index in [1.165, 1.54) is 0 Å². The highest BCUT2D eigenvalue weighted by molar-refractivity contribution is 5.84. The molecule has 0 saturated carbocycles. The number of nitrogens with one attached hydrogen (secondary N) is 1. The van der Waals surface area contributed by atoms with Crippen LogP contribution >= 0.6 is 0 Å². The highest BCUT2D eigenvalue weighted by atomic mass is 16.3. The summed E-state index contributed by atoms with van der Waals surface area (Å²) in [6.07, 6.45) is 0. The molecule has 0 bridgehead atoms. The van der Waals surface area contributed by atoms with E-state index in [1.54, 1.807) is 6.07 Å². The molecule has 0 atom stereocenters. The minimum absolute atomic E-state index is 0.0446. The first-order chi connectivity index (χ1) is 7.96. The predicted molar refractivity (Wildman–Crippen MR) is 70.0 cm³/mol. The molecule has 90 valence electrons. The summed E-state index contributed by atoms with van der Waals surface area (Å²) < 4.78 is 0. The second-order valence-electron chi connectivity index (χ2n) is 5.25.